The fourth-order valence-corrected chi connectivity index (χ4v) is 3.05. The van der Waals surface area contributed by atoms with Crippen molar-refractivity contribution >= 4 is 5.91 Å². The van der Waals surface area contributed by atoms with E-state index in [1.165, 1.54) is 18.4 Å². The Morgan fingerprint density at radius 1 is 1.25 bits per heavy atom. The Hall–Kier alpha value is -1.35. The molecule has 0 aliphatic heterocycles. The third kappa shape index (κ3) is 3.60. The Kier molecular flexibility index (Phi) is 5.18. The van der Waals surface area contributed by atoms with E-state index < -0.39 is 0 Å². The molecule has 1 aliphatic rings. The summed E-state index contributed by atoms with van der Waals surface area (Å²) in [5.74, 6) is 0.243. The van der Waals surface area contributed by atoms with E-state index >= 15 is 0 Å². The van der Waals surface area contributed by atoms with E-state index in [2.05, 4.69) is 24.4 Å². The normalized spacial score (nSPS) is 22.6. The van der Waals surface area contributed by atoms with Crippen molar-refractivity contribution in [1.29, 1.82) is 0 Å². The molecular formula is C17H26N2O. The Balaban J connectivity index is 1.91. The maximum atomic E-state index is 12.4. The number of carbonyl (C=O) groups is 1. The minimum Gasteiger partial charge on any atom is -0.342 e. The van der Waals surface area contributed by atoms with Crippen LogP contribution in [0.4, 0.5) is 0 Å². The van der Waals surface area contributed by atoms with Gasteiger partial charge >= 0.3 is 0 Å². The molecule has 3 heteroatoms. The molecule has 0 spiro atoms. The third-order valence-electron chi connectivity index (χ3n) is 4.65. The van der Waals surface area contributed by atoms with E-state index in [0.717, 1.165) is 18.4 Å². The Morgan fingerprint density at radius 3 is 2.50 bits per heavy atom. The summed E-state index contributed by atoms with van der Waals surface area (Å²) >= 11 is 0. The first-order valence-corrected chi connectivity index (χ1v) is 7.59. The molecule has 0 unspecified atom stereocenters. The largest absolute Gasteiger partial charge is 0.342 e. The summed E-state index contributed by atoms with van der Waals surface area (Å²) in [6.07, 6.45) is 5.09. The van der Waals surface area contributed by atoms with Crippen molar-refractivity contribution in [3.8, 4) is 0 Å². The summed E-state index contributed by atoms with van der Waals surface area (Å²) in [7, 11) is 3.99. The molecular weight excluding hydrogens is 248 g/mol. The van der Waals surface area contributed by atoms with Crippen LogP contribution < -0.4 is 5.32 Å². The maximum Gasteiger partial charge on any atom is 0.226 e. The number of benzene rings is 1. The summed E-state index contributed by atoms with van der Waals surface area (Å²) in [6, 6.07) is 9.20. The molecule has 1 fully saturated rings. The molecule has 1 N–H and O–H groups in total. The quantitative estimate of drug-likeness (QED) is 0.915. The van der Waals surface area contributed by atoms with E-state index in [1.807, 2.05) is 31.1 Å². The van der Waals surface area contributed by atoms with Crippen molar-refractivity contribution in [2.75, 3.05) is 14.1 Å². The van der Waals surface area contributed by atoms with E-state index in [1.54, 1.807) is 0 Å². The molecule has 0 aromatic heterocycles. The molecule has 20 heavy (non-hydrogen) atoms. The van der Waals surface area contributed by atoms with Crippen LogP contribution in [-0.4, -0.2) is 37.0 Å². The molecule has 0 radical (unpaired) electrons. The smallest absolute Gasteiger partial charge is 0.226 e. The van der Waals surface area contributed by atoms with Crippen molar-refractivity contribution in [3.05, 3.63) is 35.4 Å². The Morgan fingerprint density at radius 2 is 1.90 bits per heavy atom. The topological polar surface area (TPSA) is 32.3 Å². The van der Waals surface area contributed by atoms with Crippen LogP contribution in [0.15, 0.2) is 24.3 Å². The zero-order valence-electron chi connectivity index (χ0n) is 12.9. The van der Waals surface area contributed by atoms with Gasteiger partial charge in [-0.05, 0) is 50.8 Å². The summed E-state index contributed by atoms with van der Waals surface area (Å²) in [6.45, 7) is 2.07. The molecule has 0 saturated heterocycles. The second-order valence-electron chi connectivity index (χ2n) is 5.90. The van der Waals surface area contributed by atoms with Crippen LogP contribution in [0, 0.1) is 6.92 Å². The van der Waals surface area contributed by atoms with Gasteiger partial charge in [-0.3, -0.25) is 4.79 Å². The molecule has 3 nitrogen and oxygen atoms in total. The van der Waals surface area contributed by atoms with E-state index in [0.29, 0.717) is 18.5 Å². The van der Waals surface area contributed by atoms with E-state index in [-0.39, 0.29) is 5.91 Å². The molecule has 110 valence electrons. The number of likely N-dealkylation sites (N-methyl/N-ethyl adjacent to an activating group) is 1. The second kappa shape index (κ2) is 6.89. The van der Waals surface area contributed by atoms with Crippen LogP contribution in [0.2, 0.25) is 0 Å². The second-order valence-corrected chi connectivity index (χ2v) is 5.90. The van der Waals surface area contributed by atoms with Gasteiger partial charge in [0.1, 0.15) is 0 Å². The van der Waals surface area contributed by atoms with Gasteiger partial charge in [0.2, 0.25) is 5.91 Å². The number of hydrogen-bond donors (Lipinski definition) is 1. The van der Waals surface area contributed by atoms with Gasteiger partial charge in [-0.2, -0.15) is 0 Å². The number of nitrogens with one attached hydrogen (secondary N) is 1. The monoisotopic (exact) mass is 274 g/mol. The number of amides is 1. The summed E-state index contributed by atoms with van der Waals surface area (Å²) in [5, 5.41) is 3.34. The predicted molar refractivity (Wildman–Crippen MR) is 82.8 cm³/mol. The number of carbonyl (C=O) groups excluding carboxylic acids is 1. The van der Waals surface area contributed by atoms with Crippen LogP contribution >= 0.6 is 0 Å². The highest BCUT2D eigenvalue weighted by atomic mass is 16.2. The van der Waals surface area contributed by atoms with Crippen LogP contribution in [0.3, 0.4) is 0 Å². The van der Waals surface area contributed by atoms with Crippen molar-refractivity contribution in [2.45, 2.75) is 51.1 Å². The van der Waals surface area contributed by atoms with Gasteiger partial charge in [0.15, 0.2) is 0 Å². The first-order chi connectivity index (χ1) is 9.61. The van der Waals surface area contributed by atoms with Crippen LogP contribution in [-0.2, 0) is 11.2 Å². The van der Waals surface area contributed by atoms with E-state index in [9.17, 15) is 4.79 Å². The van der Waals surface area contributed by atoms with Crippen LogP contribution in [0.5, 0.6) is 0 Å². The zero-order valence-corrected chi connectivity index (χ0v) is 12.9. The molecule has 1 aromatic carbocycles. The average molecular weight is 274 g/mol. The minimum atomic E-state index is 0.243. The number of rotatable bonds is 4. The summed E-state index contributed by atoms with van der Waals surface area (Å²) < 4.78 is 0. The Labute approximate surface area is 122 Å². The SMILES string of the molecule is CNC1CCC(N(C)C(=O)Cc2ccccc2C)CC1. The van der Waals surface area contributed by atoms with Crippen LogP contribution in [0.1, 0.15) is 36.8 Å². The van der Waals surface area contributed by atoms with Crippen molar-refractivity contribution in [1.82, 2.24) is 10.2 Å². The van der Waals surface area contributed by atoms with E-state index in [4.69, 9.17) is 0 Å². The fourth-order valence-electron chi connectivity index (χ4n) is 3.05. The molecule has 1 aromatic rings. The summed E-state index contributed by atoms with van der Waals surface area (Å²) in [4.78, 5) is 14.4. The molecule has 1 aliphatic carbocycles. The van der Waals surface area contributed by atoms with Crippen molar-refractivity contribution in [2.24, 2.45) is 0 Å². The lowest BCUT2D eigenvalue weighted by Gasteiger charge is -2.34. The van der Waals surface area contributed by atoms with Gasteiger partial charge in [-0.1, -0.05) is 24.3 Å². The zero-order chi connectivity index (χ0) is 14.5. The van der Waals surface area contributed by atoms with Gasteiger partial charge in [0, 0.05) is 19.1 Å². The first kappa shape index (κ1) is 15.0. The molecule has 0 atom stereocenters. The number of hydrogen-bond acceptors (Lipinski definition) is 2. The lowest BCUT2D eigenvalue weighted by molar-refractivity contribution is -0.131. The molecule has 2 rings (SSSR count). The van der Waals surface area contributed by atoms with Gasteiger partial charge in [0.05, 0.1) is 6.42 Å². The minimum absolute atomic E-state index is 0.243. The Bertz CT molecular complexity index is 450. The standard InChI is InChI=1S/C17H26N2O/c1-13-6-4-5-7-14(13)12-17(20)19(3)16-10-8-15(18-2)9-11-16/h4-7,15-16,18H,8-12H2,1-3H3. The van der Waals surface area contributed by atoms with Crippen molar-refractivity contribution < 1.29 is 4.79 Å². The van der Waals surface area contributed by atoms with Gasteiger partial charge in [-0.25, -0.2) is 0 Å². The molecule has 1 saturated carbocycles. The number of nitrogens with zero attached hydrogens (tertiary/aromatic N) is 1. The maximum absolute atomic E-state index is 12.4. The fraction of sp³-hybridized carbons (Fsp3) is 0.588. The molecule has 1 amide bonds. The van der Waals surface area contributed by atoms with Gasteiger partial charge < -0.3 is 10.2 Å². The average Bonchev–Trinajstić information content (AvgIpc) is 2.49. The highest BCUT2D eigenvalue weighted by Crippen LogP contribution is 2.23. The van der Waals surface area contributed by atoms with Gasteiger partial charge in [-0.15, -0.1) is 0 Å². The third-order valence-corrected chi connectivity index (χ3v) is 4.65. The first-order valence-electron chi connectivity index (χ1n) is 7.59. The van der Waals surface area contributed by atoms with Crippen molar-refractivity contribution in [3.63, 3.8) is 0 Å². The number of aryl methyl sites for hydroxylation is 1. The van der Waals surface area contributed by atoms with Gasteiger partial charge in [0.25, 0.3) is 0 Å². The highest BCUT2D eigenvalue weighted by Gasteiger charge is 2.25. The lowest BCUT2D eigenvalue weighted by Crippen LogP contribution is -2.43. The summed E-state index contributed by atoms with van der Waals surface area (Å²) in [5.41, 5.74) is 2.35. The predicted octanol–water partition coefficient (Wildman–Crippen LogP) is 2.53. The molecule has 0 bridgehead atoms. The van der Waals surface area contributed by atoms with Crippen LogP contribution in [0.25, 0.3) is 0 Å². The lowest BCUT2D eigenvalue weighted by atomic mass is 9.90. The highest BCUT2D eigenvalue weighted by molar-refractivity contribution is 5.79. The molecule has 0 heterocycles.